The van der Waals surface area contributed by atoms with Gasteiger partial charge >= 0.3 is 12.0 Å². The summed E-state index contributed by atoms with van der Waals surface area (Å²) in [5.74, 6) is -1.08. The number of imidazole rings is 1. The van der Waals surface area contributed by atoms with Gasteiger partial charge in [-0.1, -0.05) is 0 Å². The topological polar surface area (TPSA) is 123 Å². The summed E-state index contributed by atoms with van der Waals surface area (Å²) in [7, 11) is 1.84. The second-order valence-corrected chi connectivity index (χ2v) is 3.89. The van der Waals surface area contributed by atoms with Crippen molar-refractivity contribution in [2.75, 3.05) is 19.8 Å². The van der Waals surface area contributed by atoms with Crippen LogP contribution in [0.1, 0.15) is 5.82 Å². The zero-order chi connectivity index (χ0) is 15.0. The molecule has 20 heavy (non-hydrogen) atoms. The summed E-state index contributed by atoms with van der Waals surface area (Å²) >= 11 is 0. The molecule has 1 aromatic rings. The number of aromatic nitrogens is 2. The van der Waals surface area contributed by atoms with Crippen LogP contribution >= 0.6 is 0 Å². The predicted molar refractivity (Wildman–Crippen MR) is 66.9 cm³/mol. The highest BCUT2D eigenvalue weighted by atomic mass is 16.5. The molecule has 1 heterocycles. The van der Waals surface area contributed by atoms with Crippen LogP contribution in [0, 0.1) is 0 Å². The first-order valence-corrected chi connectivity index (χ1v) is 5.82. The largest absolute Gasteiger partial charge is 0.480 e. The van der Waals surface area contributed by atoms with Crippen molar-refractivity contribution < 1.29 is 24.2 Å². The molecule has 0 unspecified atom stereocenters. The molecule has 3 N–H and O–H groups in total. The summed E-state index contributed by atoms with van der Waals surface area (Å²) in [4.78, 5) is 36.7. The van der Waals surface area contributed by atoms with E-state index in [0.29, 0.717) is 13.0 Å². The smallest absolute Gasteiger partial charge is 0.329 e. The lowest BCUT2D eigenvalue weighted by Gasteiger charge is -2.06. The molecule has 0 aliphatic carbocycles. The Morgan fingerprint density at radius 2 is 2.15 bits per heavy atom. The van der Waals surface area contributed by atoms with E-state index in [9.17, 15) is 14.4 Å². The lowest BCUT2D eigenvalue weighted by atomic mass is 10.4. The fourth-order valence-corrected chi connectivity index (χ4v) is 1.36. The maximum absolute atomic E-state index is 11.3. The van der Waals surface area contributed by atoms with Crippen molar-refractivity contribution in [1.82, 2.24) is 20.2 Å². The van der Waals surface area contributed by atoms with E-state index in [2.05, 4.69) is 15.0 Å². The zero-order valence-corrected chi connectivity index (χ0v) is 11.0. The van der Waals surface area contributed by atoms with Gasteiger partial charge in [-0.25, -0.2) is 14.6 Å². The Bertz CT molecular complexity index is 485. The molecule has 1 rings (SSSR count). The van der Waals surface area contributed by atoms with Crippen molar-refractivity contribution in [2.24, 2.45) is 7.05 Å². The SMILES string of the molecule is Cn1ccnc1CCNC(=O)NC(=O)COCC(=O)O. The Hall–Kier alpha value is -2.42. The standard InChI is InChI=1S/C11H16N4O5/c1-15-5-4-12-8(15)2-3-13-11(19)14-9(16)6-20-7-10(17)18/h4-5H,2-3,6-7H2,1H3,(H,17,18)(H2,13,14,16,19). The minimum Gasteiger partial charge on any atom is -0.480 e. The minimum absolute atomic E-state index is 0.319. The number of nitrogens with one attached hydrogen (secondary N) is 2. The maximum Gasteiger partial charge on any atom is 0.329 e. The molecular weight excluding hydrogens is 268 g/mol. The molecule has 0 fully saturated rings. The average Bonchev–Trinajstić information content (AvgIpc) is 2.74. The third kappa shape index (κ3) is 5.96. The third-order valence-corrected chi connectivity index (χ3v) is 2.27. The van der Waals surface area contributed by atoms with Crippen LogP contribution in [-0.2, 0) is 27.8 Å². The van der Waals surface area contributed by atoms with E-state index in [1.54, 1.807) is 12.4 Å². The Labute approximate surface area is 114 Å². The van der Waals surface area contributed by atoms with Crippen LogP contribution in [0.2, 0.25) is 0 Å². The average molecular weight is 284 g/mol. The van der Waals surface area contributed by atoms with E-state index in [-0.39, 0.29) is 0 Å². The van der Waals surface area contributed by atoms with E-state index in [1.165, 1.54) is 0 Å². The van der Waals surface area contributed by atoms with Crippen LogP contribution in [0.15, 0.2) is 12.4 Å². The zero-order valence-electron chi connectivity index (χ0n) is 11.0. The van der Waals surface area contributed by atoms with Gasteiger partial charge in [-0.2, -0.15) is 0 Å². The molecule has 9 nitrogen and oxygen atoms in total. The van der Waals surface area contributed by atoms with Gasteiger partial charge in [-0.05, 0) is 0 Å². The molecule has 3 amide bonds. The minimum atomic E-state index is -1.18. The molecule has 0 bridgehead atoms. The predicted octanol–water partition coefficient (Wildman–Crippen LogP) is -1.11. The molecule has 0 aliphatic heterocycles. The Balaban J connectivity index is 2.15. The number of carboxylic acids is 1. The van der Waals surface area contributed by atoms with Crippen LogP contribution in [0.4, 0.5) is 4.79 Å². The van der Waals surface area contributed by atoms with Gasteiger partial charge in [0.15, 0.2) is 0 Å². The molecule has 0 saturated heterocycles. The number of amides is 3. The highest BCUT2D eigenvalue weighted by Crippen LogP contribution is 1.93. The summed E-state index contributed by atoms with van der Waals surface area (Å²) in [5.41, 5.74) is 0. The van der Waals surface area contributed by atoms with Gasteiger partial charge in [0.1, 0.15) is 19.0 Å². The highest BCUT2D eigenvalue weighted by molar-refractivity contribution is 5.94. The maximum atomic E-state index is 11.3. The van der Waals surface area contributed by atoms with E-state index in [0.717, 1.165) is 5.82 Å². The van der Waals surface area contributed by atoms with Crippen molar-refractivity contribution >= 4 is 17.9 Å². The number of hydrogen-bond acceptors (Lipinski definition) is 5. The number of imide groups is 1. The summed E-state index contributed by atoms with van der Waals surface area (Å²) in [6.07, 6.45) is 3.97. The fourth-order valence-electron chi connectivity index (χ4n) is 1.36. The number of aliphatic carboxylic acids is 1. The molecule has 0 aromatic carbocycles. The van der Waals surface area contributed by atoms with E-state index < -0.39 is 31.1 Å². The van der Waals surface area contributed by atoms with Crippen LogP contribution in [0.3, 0.4) is 0 Å². The molecule has 0 saturated carbocycles. The van der Waals surface area contributed by atoms with E-state index >= 15 is 0 Å². The first kappa shape index (κ1) is 15.6. The first-order valence-electron chi connectivity index (χ1n) is 5.82. The first-order chi connectivity index (χ1) is 9.49. The molecule has 9 heteroatoms. The summed E-state index contributed by atoms with van der Waals surface area (Å²) < 4.78 is 6.36. The van der Waals surface area contributed by atoms with Crippen LogP contribution in [0.5, 0.6) is 0 Å². The lowest BCUT2D eigenvalue weighted by Crippen LogP contribution is -2.42. The van der Waals surface area contributed by atoms with Gasteiger partial charge in [0.25, 0.3) is 5.91 Å². The van der Waals surface area contributed by atoms with Crippen LogP contribution < -0.4 is 10.6 Å². The monoisotopic (exact) mass is 284 g/mol. The summed E-state index contributed by atoms with van der Waals surface area (Å²) in [5, 5.41) is 12.8. The molecule has 0 aliphatic rings. The van der Waals surface area contributed by atoms with Crippen molar-refractivity contribution in [2.45, 2.75) is 6.42 Å². The molecular formula is C11H16N4O5. The number of hydrogen-bond donors (Lipinski definition) is 3. The highest BCUT2D eigenvalue weighted by Gasteiger charge is 2.08. The number of urea groups is 1. The summed E-state index contributed by atoms with van der Waals surface area (Å²) in [6, 6.07) is -0.664. The fraction of sp³-hybridized carbons (Fsp3) is 0.455. The number of carbonyl (C=O) groups excluding carboxylic acids is 2. The summed E-state index contributed by atoms with van der Waals surface area (Å²) in [6.45, 7) is -0.757. The Morgan fingerprint density at radius 3 is 2.75 bits per heavy atom. The number of carboxylic acid groups (broad SMARTS) is 1. The van der Waals surface area contributed by atoms with Gasteiger partial charge in [-0.3, -0.25) is 10.1 Å². The Morgan fingerprint density at radius 1 is 1.40 bits per heavy atom. The second-order valence-electron chi connectivity index (χ2n) is 3.89. The number of ether oxygens (including phenoxy) is 1. The van der Waals surface area contributed by atoms with Gasteiger partial charge in [0, 0.05) is 32.4 Å². The number of aryl methyl sites for hydroxylation is 1. The Kier molecular flexibility index (Phi) is 6.17. The van der Waals surface area contributed by atoms with Crippen LogP contribution in [-0.4, -0.2) is 52.3 Å². The van der Waals surface area contributed by atoms with Gasteiger partial charge in [0.05, 0.1) is 0 Å². The van der Waals surface area contributed by atoms with Crippen LogP contribution in [0.25, 0.3) is 0 Å². The number of nitrogens with zero attached hydrogens (tertiary/aromatic N) is 2. The number of rotatable bonds is 7. The molecule has 1 aromatic heterocycles. The van der Waals surface area contributed by atoms with Gasteiger partial charge < -0.3 is 19.7 Å². The van der Waals surface area contributed by atoms with Gasteiger partial charge in [0.2, 0.25) is 0 Å². The van der Waals surface area contributed by atoms with E-state index in [1.807, 2.05) is 16.9 Å². The van der Waals surface area contributed by atoms with E-state index in [4.69, 9.17) is 5.11 Å². The van der Waals surface area contributed by atoms with Crippen molar-refractivity contribution in [3.05, 3.63) is 18.2 Å². The second kappa shape index (κ2) is 7.89. The quantitative estimate of drug-likeness (QED) is 0.583. The molecule has 0 spiro atoms. The van der Waals surface area contributed by atoms with Crippen molar-refractivity contribution in [3.8, 4) is 0 Å². The normalized spacial score (nSPS) is 10.1. The number of carbonyl (C=O) groups is 3. The van der Waals surface area contributed by atoms with Crippen molar-refractivity contribution in [3.63, 3.8) is 0 Å². The lowest BCUT2D eigenvalue weighted by molar-refractivity contribution is -0.143. The molecule has 0 radical (unpaired) electrons. The molecule has 0 atom stereocenters. The van der Waals surface area contributed by atoms with Crippen molar-refractivity contribution in [1.29, 1.82) is 0 Å². The van der Waals surface area contributed by atoms with Gasteiger partial charge in [-0.15, -0.1) is 0 Å². The molecule has 110 valence electrons. The third-order valence-electron chi connectivity index (χ3n) is 2.27.